The van der Waals surface area contributed by atoms with Gasteiger partial charge in [0.15, 0.2) is 0 Å². The summed E-state index contributed by atoms with van der Waals surface area (Å²) in [7, 11) is 0. The maximum absolute atomic E-state index is 10.8. The molecule has 0 fully saturated rings. The lowest BCUT2D eigenvalue weighted by molar-refractivity contribution is -0.182. The molecule has 0 N–H and O–H groups in total. The number of nitrogens with zero attached hydrogens (tertiary/aromatic N) is 2. The fourth-order valence-corrected chi connectivity index (χ4v) is 0.619. The zero-order chi connectivity index (χ0) is 7.40. The van der Waals surface area contributed by atoms with Gasteiger partial charge in [-0.15, -0.1) is 5.17 Å². The summed E-state index contributed by atoms with van der Waals surface area (Å²) >= 11 is 0. The van der Waals surface area contributed by atoms with Crippen LogP contribution in [0.4, 0.5) is 0 Å². The van der Waals surface area contributed by atoms with E-state index in [1.807, 2.05) is 6.92 Å². The van der Waals surface area contributed by atoms with Gasteiger partial charge in [-0.1, -0.05) is 6.92 Å². The van der Waals surface area contributed by atoms with E-state index < -0.39 is 0 Å². The first-order valence-electron chi connectivity index (χ1n) is 3.33. The molecule has 0 radical (unpaired) electrons. The molecule has 1 heterocycles. The fraction of sp³-hybridized carbons (Fsp3) is 0.667. The van der Waals surface area contributed by atoms with Crippen molar-refractivity contribution in [3.05, 3.63) is 0 Å². The molecule has 0 unspecified atom stereocenters. The van der Waals surface area contributed by atoms with Crippen molar-refractivity contribution in [1.82, 2.24) is 5.17 Å². The third-order valence-electron chi connectivity index (χ3n) is 1.08. The second-order valence-electron chi connectivity index (χ2n) is 2.00. The van der Waals surface area contributed by atoms with Gasteiger partial charge in [-0.05, 0) is 6.42 Å². The third kappa shape index (κ3) is 1.54. The Hall–Kier alpha value is -0.900. The van der Waals surface area contributed by atoms with Gasteiger partial charge >= 0.3 is 0 Å². The topological polar surface area (TPSA) is 41.9 Å². The second kappa shape index (κ2) is 3.31. The van der Waals surface area contributed by atoms with Gasteiger partial charge < -0.3 is 0 Å². The highest BCUT2D eigenvalue weighted by molar-refractivity contribution is 5.93. The van der Waals surface area contributed by atoms with Crippen LogP contribution in [0.15, 0.2) is 5.10 Å². The fourth-order valence-electron chi connectivity index (χ4n) is 0.619. The van der Waals surface area contributed by atoms with Gasteiger partial charge in [0.2, 0.25) is 0 Å². The van der Waals surface area contributed by atoms with Gasteiger partial charge in [-0.25, -0.2) is 4.84 Å². The number of carbonyl (C=O) groups excluding carboxylic acids is 1. The molecule has 0 bridgehead atoms. The minimum atomic E-state index is -0.0894. The number of hydroxylamine groups is 1. The molecule has 1 rings (SSSR count). The Morgan fingerprint density at radius 2 is 2.70 bits per heavy atom. The van der Waals surface area contributed by atoms with Crippen LogP contribution in [0.5, 0.6) is 0 Å². The lowest BCUT2D eigenvalue weighted by Gasteiger charge is -2.09. The minimum Gasteiger partial charge on any atom is -0.270 e. The molecule has 0 saturated heterocycles. The Morgan fingerprint density at radius 3 is 3.20 bits per heavy atom. The molecule has 56 valence electrons. The van der Waals surface area contributed by atoms with Crippen LogP contribution in [0, 0.1) is 0 Å². The van der Waals surface area contributed by atoms with Crippen molar-refractivity contribution in [2.45, 2.75) is 19.8 Å². The van der Waals surface area contributed by atoms with Crippen molar-refractivity contribution in [3.63, 3.8) is 0 Å². The first-order valence-corrected chi connectivity index (χ1v) is 3.33. The predicted molar refractivity (Wildman–Crippen MR) is 36.2 cm³/mol. The van der Waals surface area contributed by atoms with Gasteiger partial charge in [0.1, 0.15) is 0 Å². The van der Waals surface area contributed by atoms with E-state index in [0.717, 1.165) is 11.6 Å². The second-order valence-corrected chi connectivity index (χ2v) is 2.00. The Balaban J connectivity index is 2.27. The van der Waals surface area contributed by atoms with E-state index in [0.29, 0.717) is 13.0 Å². The normalized spacial score (nSPS) is 16.9. The quantitative estimate of drug-likeness (QED) is 0.577. The van der Waals surface area contributed by atoms with Gasteiger partial charge in [-0.3, -0.25) is 4.79 Å². The van der Waals surface area contributed by atoms with Crippen LogP contribution < -0.4 is 0 Å². The monoisotopic (exact) mass is 142 g/mol. The summed E-state index contributed by atoms with van der Waals surface area (Å²) in [6.45, 7) is 2.52. The Bertz CT molecular complexity index is 156. The van der Waals surface area contributed by atoms with Crippen LogP contribution in [0.3, 0.4) is 0 Å². The molecule has 10 heavy (non-hydrogen) atoms. The summed E-state index contributed by atoms with van der Waals surface area (Å²) in [6.07, 6.45) is 2.79. The molecule has 0 aliphatic carbocycles. The lowest BCUT2D eigenvalue weighted by Crippen LogP contribution is -2.21. The van der Waals surface area contributed by atoms with Crippen molar-refractivity contribution in [1.29, 1.82) is 0 Å². The Labute approximate surface area is 59.4 Å². The van der Waals surface area contributed by atoms with Crippen LogP contribution in [0.25, 0.3) is 0 Å². The summed E-state index contributed by atoms with van der Waals surface area (Å²) in [5.74, 6) is -0.0894. The standard InChI is InChI=1S/C6H10N2O2/c1-2-5-10-8-6(9)3-4-7-8/h4H,2-3,5H2,1H3. The molecule has 0 aromatic carbocycles. The molecule has 0 atom stereocenters. The molecule has 4 heteroatoms. The van der Waals surface area contributed by atoms with Crippen LogP contribution in [-0.4, -0.2) is 23.9 Å². The summed E-state index contributed by atoms with van der Waals surface area (Å²) in [5, 5.41) is 4.74. The van der Waals surface area contributed by atoms with Crippen molar-refractivity contribution in [2.75, 3.05) is 6.61 Å². The molecule has 0 aromatic heterocycles. The van der Waals surface area contributed by atoms with Crippen molar-refractivity contribution in [3.8, 4) is 0 Å². The van der Waals surface area contributed by atoms with Crippen LogP contribution in [0.2, 0.25) is 0 Å². The summed E-state index contributed by atoms with van der Waals surface area (Å²) in [4.78, 5) is 15.7. The van der Waals surface area contributed by atoms with E-state index in [1.54, 1.807) is 0 Å². The molecule has 0 spiro atoms. The smallest absolute Gasteiger partial charge is 0.270 e. The first-order chi connectivity index (χ1) is 4.84. The highest BCUT2D eigenvalue weighted by atomic mass is 16.7. The molecular weight excluding hydrogens is 132 g/mol. The zero-order valence-corrected chi connectivity index (χ0v) is 5.91. The SMILES string of the molecule is CCCON1N=CCC1=O. The molecule has 0 aromatic rings. The van der Waals surface area contributed by atoms with Crippen molar-refractivity contribution < 1.29 is 9.63 Å². The highest BCUT2D eigenvalue weighted by Crippen LogP contribution is 2.02. The van der Waals surface area contributed by atoms with E-state index in [4.69, 9.17) is 4.84 Å². The predicted octanol–water partition coefficient (Wildman–Crippen LogP) is 0.546. The number of hydrazone groups is 1. The maximum Gasteiger partial charge on any atom is 0.274 e. The van der Waals surface area contributed by atoms with Gasteiger partial charge in [0.05, 0.1) is 13.0 Å². The van der Waals surface area contributed by atoms with Crippen LogP contribution in [0.1, 0.15) is 19.8 Å². The van der Waals surface area contributed by atoms with Crippen molar-refractivity contribution >= 4 is 12.1 Å². The van der Waals surface area contributed by atoms with Gasteiger partial charge in [0, 0.05) is 6.21 Å². The van der Waals surface area contributed by atoms with Crippen LogP contribution >= 0.6 is 0 Å². The first kappa shape index (κ1) is 7.21. The number of amides is 1. The number of rotatable bonds is 3. The van der Waals surface area contributed by atoms with Crippen molar-refractivity contribution in [2.24, 2.45) is 5.10 Å². The molecule has 0 saturated carbocycles. The average molecular weight is 142 g/mol. The van der Waals surface area contributed by atoms with E-state index in [2.05, 4.69) is 5.10 Å². The highest BCUT2D eigenvalue weighted by Gasteiger charge is 2.16. The maximum atomic E-state index is 10.8. The summed E-state index contributed by atoms with van der Waals surface area (Å²) < 4.78 is 0. The molecule has 1 aliphatic rings. The zero-order valence-electron chi connectivity index (χ0n) is 5.91. The number of hydrogen-bond donors (Lipinski definition) is 0. The van der Waals surface area contributed by atoms with E-state index in [1.165, 1.54) is 6.21 Å². The third-order valence-corrected chi connectivity index (χ3v) is 1.08. The van der Waals surface area contributed by atoms with E-state index in [9.17, 15) is 4.79 Å². The molecular formula is C6H10N2O2. The minimum absolute atomic E-state index is 0.0894. The van der Waals surface area contributed by atoms with Crippen LogP contribution in [-0.2, 0) is 9.63 Å². The molecule has 1 amide bonds. The summed E-state index contributed by atoms with van der Waals surface area (Å²) in [6, 6.07) is 0. The molecule has 1 aliphatic heterocycles. The van der Waals surface area contributed by atoms with Gasteiger partial charge in [-0.2, -0.15) is 5.10 Å². The Kier molecular flexibility index (Phi) is 2.39. The largest absolute Gasteiger partial charge is 0.274 e. The Morgan fingerprint density at radius 1 is 1.90 bits per heavy atom. The summed E-state index contributed by atoms with van der Waals surface area (Å²) in [5.41, 5.74) is 0. The van der Waals surface area contributed by atoms with E-state index in [-0.39, 0.29) is 5.91 Å². The van der Waals surface area contributed by atoms with Gasteiger partial charge in [0.25, 0.3) is 5.91 Å². The number of carbonyl (C=O) groups is 1. The number of hydrogen-bond acceptors (Lipinski definition) is 3. The average Bonchev–Trinajstić information content (AvgIpc) is 2.31. The lowest BCUT2D eigenvalue weighted by atomic mass is 10.5. The van der Waals surface area contributed by atoms with E-state index >= 15 is 0 Å². The molecule has 4 nitrogen and oxygen atoms in total.